The van der Waals surface area contributed by atoms with Gasteiger partial charge in [-0.3, -0.25) is 9.59 Å². The van der Waals surface area contributed by atoms with Crippen molar-refractivity contribution < 1.29 is 24.5 Å². The zero-order valence-corrected chi connectivity index (χ0v) is 41.3. The largest absolute Gasteiger partial charge is 0.462 e. The molecule has 0 saturated heterocycles. The molecule has 0 aromatic carbocycles. The predicted octanol–water partition coefficient (Wildman–Crippen LogP) is 16.2. The second-order valence-corrected chi connectivity index (χ2v) is 18.4. The van der Waals surface area contributed by atoms with Gasteiger partial charge in [-0.2, -0.15) is 0 Å². The summed E-state index contributed by atoms with van der Waals surface area (Å²) in [6.07, 6.45) is 60.2. The molecule has 3 N–H and O–H groups in total. The highest BCUT2D eigenvalue weighted by Crippen LogP contribution is 2.18. The van der Waals surface area contributed by atoms with E-state index in [1.165, 1.54) is 154 Å². The molecule has 0 aromatic heterocycles. The molecular weight excluding hydrogens is 767 g/mol. The van der Waals surface area contributed by atoms with Gasteiger partial charge in [-0.15, -0.1) is 0 Å². The molecule has 0 rings (SSSR count). The third-order valence-corrected chi connectivity index (χ3v) is 12.3. The van der Waals surface area contributed by atoms with E-state index in [2.05, 4.69) is 56.5 Å². The van der Waals surface area contributed by atoms with Crippen LogP contribution in [0.1, 0.15) is 271 Å². The number of carbonyl (C=O) groups excluding carboxylic acids is 2. The SMILES string of the molecule is CC/C=C/C=C/C=C/C=C\CCCCCCCC(=O)OC(CCCCCCCCCCCCCCC)CC(=O)NC(CO)C(O)CCCCCCCCCCCCCCCCC. The third-order valence-electron chi connectivity index (χ3n) is 12.3. The molecule has 362 valence electrons. The Labute approximate surface area is 385 Å². The van der Waals surface area contributed by atoms with Gasteiger partial charge in [0.05, 0.1) is 25.2 Å². The van der Waals surface area contributed by atoms with Crippen LogP contribution in [0.5, 0.6) is 0 Å². The maximum atomic E-state index is 13.2. The van der Waals surface area contributed by atoms with Crippen LogP contribution in [0.25, 0.3) is 0 Å². The average Bonchev–Trinajstić information content (AvgIpc) is 3.26. The fraction of sp³-hybridized carbons (Fsp3) is 0.821. The van der Waals surface area contributed by atoms with Crippen LogP contribution >= 0.6 is 0 Å². The smallest absolute Gasteiger partial charge is 0.306 e. The van der Waals surface area contributed by atoms with Crippen LogP contribution in [0, 0.1) is 0 Å². The van der Waals surface area contributed by atoms with Crippen LogP contribution < -0.4 is 5.32 Å². The zero-order chi connectivity index (χ0) is 45.2. The Kier molecular flexibility index (Phi) is 48.1. The van der Waals surface area contributed by atoms with Crippen molar-refractivity contribution in [1.82, 2.24) is 5.32 Å². The van der Waals surface area contributed by atoms with E-state index < -0.39 is 18.2 Å². The molecule has 0 aromatic rings. The quantitative estimate of drug-likeness (QED) is 0.0322. The van der Waals surface area contributed by atoms with Crippen LogP contribution in [-0.2, 0) is 14.3 Å². The van der Waals surface area contributed by atoms with Crippen molar-refractivity contribution in [1.29, 1.82) is 0 Å². The monoisotopic (exact) mass is 870 g/mol. The van der Waals surface area contributed by atoms with E-state index in [9.17, 15) is 19.8 Å². The minimum absolute atomic E-state index is 0.0705. The molecule has 0 aliphatic carbocycles. The van der Waals surface area contributed by atoms with Gasteiger partial charge in [0.15, 0.2) is 0 Å². The Bertz CT molecular complexity index is 1070. The van der Waals surface area contributed by atoms with Crippen molar-refractivity contribution in [2.75, 3.05) is 6.61 Å². The van der Waals surface area contributed by atoms with Crippen molar-refractivity contribution in [2.24, 2.45) is 0 Å². The molecule has 6 nitrogen and oxygen atoms in total. The van der Waals surface area contributed by atoms with E-state index in [1.807, 2.05) is 18.2 Å². The summed E-state index contributed by atoms with van der Waals surface area (Å²) in [6, 6.07) is -0.705. The van der Waals surface area contributed by atoms with Gasteiger partial charge >= 0.3 is 5.97 Å². The highest BCUT2D eigenvalue weighted by atomic mass is 16.5. The summed E-state index contributed by atoms with van der Waals surface area (Å²) < 4.78 is 5.93. The number of amides is 1. The van der Waals surface area contributed by atoms with Crippen molar-refractivity contribution in [2.45, 2.75) is 289 Å². The summed E-state index contributed by atoms with van der Waals surface area (Å²) in [7, 11) is 0. The van der Waals surface area contributed by atoms with E-state index in [0.717, 1.165) is 70.6 Å². The maximum Gasteiger partial charge on any atom is 0.306 e. The van der Waals surface area contributed by atoms with E-state index in [1.54, 1.807) is 0 Å². The van der Waals surface area contributed by atoms with E-state index in [-0.39, 0.29) is 24.9 Å². The molecule has 0 heterocycles. The van der Waals surface area contributed by atoms with Gasteiger partial charge in [-0.1, -0.05) is 262 Å². The summed E-state index contributed by atoms with van der Waals surface area (Å²) in [5.41, 5.74) is 0. The minimum atomic E-state index is -0.791. The number of nitrogens with one attached hydrogen (secondary N) is 1. The lowest BCUT2D eigenvalue weighted by atomic mass is 10.0. The number of allylic oxidation sites excluding steroid dienone is 8. The number of hydrogen-bond acceptors (Lipinski definition) is 5. The van der Waals surface area contributed by atoms with Crippen molar-refractivity contribution >= 4 is 11.9 Å². The number of ether oxygens (including phenoxy) is 1. The Morgan fingerprint density at radius 3 is 1.32 bits per heavy atom. The maximum absolute atomic E-state index is 13.2. The Hall–Kier alpha value is -2.18. The summed E-state index contributed by atoms with van der Waals surface area (Å²) in [4.78, 5) is 26.2. The first-order chi connectivity index (χ1) is 30.5. The second kappa shape index (κ2) is 49.8. The number of hydrogen-bond donors (Lipinski definition) is 3. The minimum Gasteiger partial charge on any atom is -0.462 e. The van der Waals surface area contributed by atoms with Gasteiger partial charge in [0, 0.05) is 6.42 Å². The molecule has 0 bridgehead atoms. The molecule has 0 spiro atoms. The summed E-state index contributed by atoms with van der Waals surface area (Å²) in [5, 5.41) is 23.8. The van der Waals surface area contributed by atoms with Crippen molar-refractivity contribution in [3.63, 3.8) is 0 Å². The van der Waals surface area contributed by atoms with E-state index >= 15 is 0 Å². The molecule has 3 atom stereocenters. The van der Waals surface area contributed by atoms with Crippen LogP contribution in [0.2, 0.25) is 0 Å². The summed E-state index contributed by atoms with van der Waals surface area (Å²) in [6.45, 7) is 6.36. The zero-order valence-electron chi connectivity index (χ0n) is 41.3. The van der Waals surface area contributed by atoms with Crippen LogP contribution in [-0.4, -0.2) is 46.9 Å². The summed E-state index contributed by atoms with van der Waals surface area (Å²) >= 11 is 0. The second-order valence-electron chi connectivity index (χ2n) is 18.4. The standard InChI is InChI=1S/C56H103NO5/c1-4-7-10-13-16-19-22-25-27-30-33-36-39-42-45-48-54(59)53(51-58)57-55(60)50-52(47-44-41-38-35-32-29-24-21-18-15-12-9-6-3)62-56(61)49-46-43-40-37-34-31-28-26-23-20-17-14-11-8-5-2/h8,11,14,17,20,23,26,28,52-54,58-59H,4-7,9-10,12-13,15-16,18-19,21-22,24-25,27,29-51H2,1-3H3,(H,57,60)/b11-8+,17-14+,23-20+,28-26-. The normalized spacial score (nSPS) is 13.6. The van der Waals surface area contributed by atoms with Gasteiger partial charge in [0.1, 0.15) is 6.10 Å². The Morgan fingerprint density at radius 1 is 0.484 bits per heavy atom. The Balaban J connectivity index is 4.56. The lowest BCUT2D eigenvalue weighted by Crippen LogP contribution is -2.46. The number of carbonyl (C=O) groups is 2. The van der Waals surface area contributed by atoms with Gasteiger partial charge in [-0.05, 0) is 44.9 Å². The topological polar surface area (TPSA) is 95.9 Å². The average molecular weight is 870 g/mol. The van der Waals surface area contributed by atoms with E-state index in [0.29, 0.717) is 19.3 Å². The molecule has 0 aliphatic rings. The number of esters is 1. The molecule has 1 amide bonds. The molecule has 0 fully saturated rings. The van der Waals surface area contributed by atoms with Crippen LogP contribution in [0.15, 0.2) is 48.6 Å². The highest BCUT2D eigenvalue weighted by Gasteiger charge is 2.24. The molecule has 0 radical (unpaired) electrons. The molecule has 3 unspecified atom stereocenters. The van der Waals surface area contributed by atoms with Crippen LogP contribution in [0.3, 0.4) is 0 Å². The first kappa shape index (κ1) is 59.8. The fourth-order valence-corrected chi connectivity index (χ4v) is 8.21. The lowest BCUT2D eigenvalue weighted by Gasteiger charge is -2.24. The number of aliphatic hydroxyl groups is 2. The molecular formula is C56H103NO5. The van der Waals surface area contributed by atoms with Crippen LogP contribution in [0.4, 0.5) is 0 Å². The molecule has 0 saturated carbocycles. The highest BCUT2D eigenvalue weighted by molar-refractivity contribution is 5.77. The number of unbranched alkanes of at least 4 members (excludes halogenated alkanes) is 31. The first-order valence-electron chi connectivity index (χ1n) is 26.9. The number of rotatable bonds is 48. The molecule has 6 heteroatoms. The lowest BCUT2D eigenvalue weighted by molar-refractivity contribution is -0.151. The van der Waals surface area contributed by atoms with Gasteiger partial charge in [0.25, 0.3) is 0 Å². The first-order valence-corrected chi connectivity index (χ1v) is 26.9. The predicted molar refractivity (Wildman–Crippen MR) is 269 cm³/mol. The molecule has 0 aliphatic heterocycles. The fourth-order valence-electron chi connectivity index (χ4n) is 8.21. The van der Waals surface area contributed by atoms with Gasteiger partial charge < -0.3 is 20.3 Å². The third kappa shape index (κ3) is 44.4. The van der Waals surface area contributed by atoms with Gasteiger partial charge in [-0.25, -0.2) is 0 Å². The van der Waals surface area contributed by atoms with Crippen molar-refractivity contribution in [3.8, 4) is 0 Å². The molecule has 62 heavy (non-hydrogen) atoms. The summed E-state index contributed by atoms with van der Waals surface area (Å²) in [5.74, 6) is -0.490. The van der Waals surface area contributed by atoms with Gasteiger partial charge in [0.2, 0.25) is 5.91 Å². The van der Waals surface area contributed by atoms with E-state index in [4.69, 9.17) is 4.74 Å². The Morgan fingerprint density at radius 2 is 0.871 bits per heavy atom. The number of aliphatic hydroxyl groups excluding tert-OH is 2. The van der Waals surface area contributed by atoms with Crippen molar-refractivity contribution in [3.05, 3.63) is 48.6 Å².